The minimum Gasteiger partial charge on any atom is -0.356 e. The number of hydrogen-bond donors (Lipinski definition) is 1. The average molecular weight is 269 g/mol. The van der Waals surface area contributed by atoms with Crippen molar-refractivity contribution in [2.45, 2.75) is 13.8 Å². The summed E-state index contributed by atoms with van der Waals surface area (Å²) in [6.45, 7) is 6.04. The van der Waals surface area contributed by atoms with Crippen LogP contribution in [0.4, 0.5) is 11.6 Å². The zero-order valence-corrected chi connectivity index (χ0v) is 11.8. The average Bonchev–Trinajstić information content (AvgIpc) is 2.51. The predicted molar refractivity (Wildman–Crippen MR) is 83.3 cm³/mol. The summed E-state index contributed by atoms with van der Waals surface area (Å²) in [6.07, 6.45) is 1.75. The van der Waals surface area contributed by atoms with E-state index in [2.05, 4.69) is 39.5 Å². The third-order valence-electron chi connectivity index (χ3n) is 2.93. The quantitative estimate of drug-likeness (QED) is 0.647. The van der Waals surface area contributed by atoms with Crippen LogP contribution in [0.5, 0.6) is 0 Å². The Morgan fingerprint density at radius 3 is 2.40 bits per heavy atom. The lowest BCUT2D eigenvalue weighted by Crippen LogP contribution is -2.23. The molecule has 20 heavy (non-hydrogen) atoms. The van der Waals surface area contributed by atoms with Crippen LogP contribution in [-0.2, 0) is 0 Å². The molecule has 5 nitrogen and oxygen atoms in total. The molecule has 1 heterocycles. The van der Waals surface area contributed by atoms with Crippen molar-refractivity contribution in [2.75, 3.05) is 23.4 Å². The molecule has 2 rings (SSSR count). The number of aromatic nitrogens is 2. The molecule has 0 saturated carbocycles. The van der Waals surface area contributed by atoms with Crippen LogP contribution in [0.3, 0.4) is 0 Å². The molecular formula is C15H19N5. The van der Waals surface area contributed by atoms with Crippen molar-refractivity contribution in [1.29, 1.82) is 0 Å². The van der Waals surface area contributed by atoms with Crippen LogP contribution in [0.25, 0.3) is 0 Å². The Hall–Kier alpha value is -2.43. The van der Waals surface area contributed by atoms with E-state index in [1.807, 2.05) is 42.5 Å². The fraction of sp³-hybridized carbons (Fsp3) is 0.267. The lowest BCUT2D eigenvalue weighted by molar-refractivity contribution is 0.825. The van der Waals surface area contributed by atoms with Gasteiger partial charge in [0.25, 0.3) is 0 Å². The lowest BCUT2D eigenvalue weighted by Gasteiger charge is -2.18. The number of nitrogens with zero attached hydrogens (tertiary/aromatic N) is 4. The largest absolute Gasteiger partial charge is 0.356 e. The third-order valence-corrected chi connectivity index (χ3v) is 2.93. The molecule has 1 aromatic carbocycles. The van der Waals surface area contributed by atoms with Crippen molar-refractivity contribution in [2.24, 2.45) is 5.10 Å². The number of hydrazone groups is 1. The number of benzene rings is 1. The second-order valence-corrected chi connectivity index (χ2v) is 4.23. The molecule has 0 bridgehead atoms. The van der Waals surface area contributed by atoms with E-state index in [9.17, 15) is 0 Å². The van der Waals surface area contributed by atoms with Gasteiger partial charge in [0.1, 0.15) is 0 Å². The zero-order chi connectivity index (χ0) is 14.2. The van der Waals surface area contributed by atoms with E-state index in [0.717, 1.165) is 24.5 Å². The number of rotatable bonds is 6. The number of hydrogen-bond acceptors (Lipinski definition) is 5. The van der Waals surface area contributed by atoms with Gasteiger partial charge in [-0.2, -0.15) is 5.10 Å². The van der Waals surface area contributed by atoms with E-state index in [1.54, 1.807) is 6.21 Å². The second-order valence-electron chi connectivity index (χ2n) is 4.23. The molecule has 0 fully saturated rings. The van der Waals surface area contributed by atoms with E-state index in [0.29, 0.717) is 5.82 Å². The Bertz CT molecular complexity index is 532. The maximum atomic E-state index is 4.19. The topological polar surface area (TPSA) is 53.4 Å². The first-order valence-electron chi connectivity index (χ1n) is 6.76. The van der Waals surface area contributed by atoms with Gasteiger partial charge in [-0.05, 0) is 31.5 Å². The summed E-state index contributed by atoms with van der Waals surface area (Å²) < 4.78 is 0. The van der Waals surface area contributed by atoms with Crippen LogP contribution in [0.2, 0.25) is 0 Å². The van der Waals surface area contributed by atoms with Crippen molar-refractivity contribution in [3.05, 3.63) is 48.0 Å². The highest BCUT2D eigenvalue weighted by molar-refractivity contribution is 5.79. The van der Waals surface area contributed by atoms with E-state index in [4.69, 9.17) is 0 Å². The normalized spacial score (nSPS) is 10.7. The standard InChI is InChI=1S/C15H19N5/c1-3-20(4-2)15-11-10-14(18-19-15)17-16-12-13-8-6-5-7-9-13/h5-12H,3-4H2,1-2H3,(H,17,18)/b16-12-. The molecule has 0 atom stereocenters. The molecule has 5 heteroatoms. The smallest absolute Gasteiger partial charge is 0.168 e. The van der Waals surface area contributed by atoms with Crippen LogP contribution in [0.15, 0.2) is 47.6 Å². The molecule has 0 amide bonds. The Kier molecular flexibility index (Phi) is 5.06. The maximum absolute atomic E-state index is 4.19. The van der Waals surface area contributed by atoms with Crippen molar-refractivity contribution in [3.63, 3.8) is 0 Å². The van der Waals surface area contributed by atoms with Gasteiger partial charge in [-0.1, -0.05) is 30.3 Å². The maximum Gasteiger partial charge on any atom is 0.168 e. The highest BCUT2D eigenvalue weighted by Gasteiger charge is 2.03. The molecule has 2 aromatic rings. The first kappa shape index (κ1) is 14.0. The molecule has 0 aliphatic carbocycles. The van der Waals surface area contributed by atoms with Gasteiger partial charge in [-0.3, -0.25) is 5.43 Å². The SMILES string of the molecule is CCN(CC)c1ccc(N/N=C\c2ccccc2)nn1. The monoisotopic (exact) mass is 269 g/mol. The lowest BCUT2D eigenvalue weighted by atomic mass is 10.2. The summed E-state index contributed by atoms with van der Waals surface area (Å²) >= 11 is 0. The Labute approximate surface area is 119 Å². The first-order chi connectivity index (χ1) is 9.83. The molecule has 1 N–H and O–H groups in total. The summed E-state index contributed by atoms with van der Waals surface area (Å²) in [5.74, 6) is 1.51. The second kappa shape index (κ2) is 7.23. The predicted octanol–water partition coefficient (Wildman–Crippen LogP) is 2.77. The van der Waals surface area contributed by atoms with Crippen LogP contribution in [0, 0.1) is 0 Å². The van der Waals surface area contributed by atoms with Gasteiger partial charge in [0.15, 0.2) is 11.6 Å². The summed E-state index contributed by atoms with van der Waals surface area (Å²) in [7, 11) is 0. The van der Waals surface area contributed by atoms with Crippen LogP contribution >= 0.6 is 0 Å². The fourth-order valence-electron chi connectivity index (χ4n) is 1.81. The van der Waals surface area contributed by atoms with Gasteiger partial charge < -0.3 is 4.90 Å². The molecule has 104 valence electrons. The summed E-state index contributed by atoms with van der Waals surface area (Å²) in [6, 6.07) is 13.7. The van der Waals surface area contributed by atoms with Crippen molar-refractivity contribution >= 4 is 17.9 Å². The third kappa shape index (κ3) is 3.78. The zero-order valence-electron chi connectivity index (χ0n) is 11.8. The molecule has 0 aliphatic heterocycles. The van der Waals surface area contributed by atoms with Gasteiger partial charge in [0.05, 0.1) is 6.21 Å². The van der Waals surface area contributed by atoms with Crippen LogP contribution < -0.4 is 10.3 Å². The van der Waals surface area contributed by atoms with E-state index >= 15 is 0 Å². The highest BCUT2D eigenvalue weighted by atomic mass is 15.4. The molecule has 1 aromatic heterocycles. The molecule has 0 aliphatic rings. The minimum atomic E-state index is 0.632. The summed E-state index contributed by atoms with van der Waals surface area (Å²) in [5, 5.41) is 12.4. The van der Waals surface area contributed by atoms with Gasteiger partial charge >= 0.3 is 0 Å². The van der Waals surface area contributed by atoms with Crippen molar-refractivity contribution < 1.29 is 0 Å². The van der Waals surface area contributed by atoms with Crippen LogP contribution in [0.1, 0.15) is 19.4 Å². The molecule has 0 unspecified atom stereocenters. The molecular weight excluding hydrogens is 250 g/mol. The van der Waals surface area contributed by atoms with Gasteiger partial charge in [-0.15, -0.1) is 10.2 Å². The highest BCUT2D eigenvalue weighted by Crippen LogP contribution is 2.10. The first-order valence-corrected chi connectivity index (χ1v) is 6.76. The molecule has 0 spiro atoms. The molecule has 0 radical (unpaired) electrons. The van der Waals surface area contributed by atoms with E-state index < -0.39 is 0 Å². The van der Waals surface area contributed by atoms with Gasteiger partial charge in [0.2, 0.25) is 0 Å². The van der Waals surface area contributed by atoms with Crippen LogP contribution in [-0.4, -0.2) is 29.5 Å². The fourth-order valence-corrected chi connectivity index (χ4v) is 1.81. The van der Waals surface area contributed by atoms with Crippen molar-refractivity contribution in [3.8, 4) is 0 Å². The van der Waals surface area contributed by atoms with Gasteiger partial charge in [0, 0.05) is 13.1 Å². The Morgan fingerprint density at radius 1 is 1.05 bits per heavy atom. The van der Waals surface area contributed by atoms with Crippen molar-refractivity contribution in [1.82, 2.24) is 10.2 Å². The number of nitrogens with one attached hydrogen (secondary N) is 1. The van der Waals surface area contributed by atoms with E-state index in [1.165, 1.54) is 0 Å². The summed E-state index contributed by atoms with van der Waals surface area (Å²) in [4.78, 5) is 2.14. The summed E-state index contributed by atoms with van der Waals surface area (Å²) in [5.41, 5.74) is 3.91. The Morgan fingerprint density at radius 2 is 1.80 bits per heavy atom. The van der Waals surface area contributed by atoms with E-state index in [-0.39, 0.29) is 0 Å². The van der Waals surface area contributed by atoms with Gasteiger partial charge in [-0.25, -0.2) is 0 Å². The number of anilines is 2. The minimum absolute atomic E-state index is 0.632. The Balaban J connectivity index is 1.96. The molecule has 0 saturated heterocycles.